The number of hydrogen-bond acceptors (Lipinski definition) is 5. The number of nitrogens with one attached hydrogen (secondary N) is 3. The zero-order valence-electron chi connectivity index (χ0n) is 14.6. The number of rotatable bonds is 7. The summed E-state index contributed by atoms with van der Waals surface area (Å²) in [5.41, 5.74) is 0.789. The summed E-state index contributed by atoms with van der Waals surface area (Å²) < 4.78 is 0. The van der Waals surface area contributed by atoms with Crippen LogP contribution in [0, 0.1) is 17.3 Å². The summed E-state index contributed by atoms with van der Waals surface area (Å²) >= 11 is 0. The Morgan fingerprint density at radius 1 is 1.04 bits per heavy atom. The van der Waals surface area contributed by atoms with Crippen molar-refractivity contribution < 1.29 is 24.7 Å². The topological polar surface area (TPSA) is 128 Å². The second-order valence-corrected chi connectivity index (χ2v) is 7.08. The van der Waals surface area contributed by atoms with Gasteiger partial charge in [-0.25, -0.2) is 5.48 Å². The highest BCUT2D eigenvalue weighted by Gasteiger charge is 2.38. The van der Waals surface area contributed by atoms with Gasteiger partial charge in [-0.15, -0.1) is 0 Å². The maximum absolute atomic E-state index is 12.5. The van der Waals surface area contributed by atoms with E-state index < -0.39 is 35.3 Å². The fourth-order valence-corrected chi connectivity index (χ4v) is 2.21. The van der Waals surface area contributed by atoms with Crippen LogP contribution in [0.2, 0.25) is 0 Å². The van der Waals surface area contributed by atoms with E-state index in [4.69, 9.17) is 5.21 Å². The van der Waals surface area contributed by atoms with Crippen molar-refractivity contribution in [2.75, 3.05) is 7.05 Å². The van der Waals surface area contributed by atoms with Gasteiger partial charge in [-0.2, -0.15) is 0 Å². The highest BCUT2D eigenvalue weighted by Crippen LogP contribution is 2.22. The molecule has 0 radical (unpaired) electrons. The van der Waals surface area contributed by atoms with Crippen molar-refractivity contribution in [3.05, 3.63) is 0 Å². The van der Waals surface area contributed by atoms with Gasteiger partial charge in [-0.05, 0) is 17.8 Å². The molecule has 23 heavy (non-hydrogen) atoms. The van der Waals surface area contributed by atoms with Crippen LogP contribution in [0.4, 0.5) is 0 Å². The molecule has 0 aromatic carbocycles. The van der Waals surface area contributed by atoms with Crippen LogP contribution >= 0.6 is 0 Å². The number of aliphatic hydroxyl groups excluding tert-OH is 1. The highest BCUT2D eigenvalue weighted by atomic mass is 16.5. The van der Waals surface area contributed by atoms with E-state index in [1.807, 2.05) is 13.8 Å². The molecule has 134 valence electrons. The van der Waals surface area contributed by atoms with Crippen LogP contribution in [-0.2, 0) is 14.4 Å². The molecule has 8 nitrogen and oxygen atoms in total. The van der Waals surface area contributed by atoms with Crippen LogP contribution in [0.3, 0.4) is 0 Å². The maximum atomic E-state index is 12.5. The van der Waals surface area contributed by atoms with E-state index in [1.54, 1.807) is 20.8 Å². The first kappa shape index (κ1) is 21.3. The molecule has 0 aromatic heterocycles. The van der Waals surface area contributed by atoms with Crippen molar-refractivity contribution in [2.45, 2.75) is 53.2 Å². The summed E-state index contributed by atoms with van der Waals surface area (Å²) in [6, 6.07) is -0.820. The number of amides is 3. The summed E-state index contributed by atoms with van der Waals surface area (Å²) in [5.74, 6) is -3.08. The SMILES string of the molecule is CNC(=O)[C@@H](NC(=O)[C@@H](CC(C)C)[C@H](O)C(=O)NO)C(C)(C)C. The van der Waals surface area contributed by atoms with Gasteiger partial charge in [-0.1, -0.05) is 34.6 Å². The molecule has 0 unspecified atom stereocenters. The monoisotopic (exact) mass is 331 g/mol. The minimum atomic E-state index is -1.70. The van der Waals surface area contributed by atoms with Crippen LogP contribution in [0.15, 0.2) is 0 Å². The molecule has 0 aromatic rings. The molecule has 0 heterocycles. The van der Waals surface area contributed by atoms with Crippen LogP contribution in [0.1, 0.15) is 41.0 Å². The Morgan fingerprint density at radius 3 is 1.91 bits per heavy atom. The minimum Gasteiger partial charge on any atom is -0.382 e. The molecular formula is C15H29N3O5. The predicted octanol–water partition coefficient (Wildman–Crippen LogP) is -0.208. The van der Waals surface area contributed by atoms with Crippen molar-refractivity contribution in [1.29, 1.82) is 0 Å². The molecular weight excluding hydrogens is 302 g/mol. The van der Waals surface area contributed by atoms with Crippen LogP contribution < -0.4 is 16.1 Å². The minimum absolute atomic E-state index is 0.0278. The van der Waals surface area contributed by atoms with Crippen molar-refractivity contribution in [3.63, 3.8) is 0 Å². The summed E-state index contributed by atoms with van der Waals surface area (Å²) in [5, 5.41) is 23.7. The molecule has 3 amide bonds. The van der Waals surface area contributed by atoms with E-state index in [1.165, 1.54) is 12.5 Å². The number of aliphatic hydroxyl groups is 1. The molecule has 0 saturated carbocycles. The predicted molar refractivity (Wildman–Crippen MR) is 84.3 cm³/mol. The van der Waals surface area contributed by atoms with Gasteiger partial charge in [0.1, 0.15) is 12.1 Å². The standard InChI is InChI=1S/C15H29N3O5/c1-8(2)7-9(10(19)13(21)18-23)12(20)17-11(14(22)16-6)15(3,4)5/h8-11,19,23H,7H2,1-6H3,(H,16,22)(H,17,20)(H,18,21)/t9-,10-,11+/m0/s1. The van der Waals surface area contributed by atoms with Gasteiger partial charge >= 0.3 is 0 Å². The first-order valence-electron chi connectivity index (χ1n) is 7.59. The molecule has 0 aliphatic carbocycles. The Morgan fingerprint density at radius 2 is 1.57 bits per heavy atom. The maximum Gasteiger partial charge on any atom is 0.272 e. The Hall–Kier alpha value is -1.67. The van der Waals surface area contributed by atoms with E-state index >= 15 is 0 Å². The van der Waals surface area contributed by atoms with Gasteiger partial charge in [0.15, 0.2) is 0 Å². The van der Waals surface area contributed by atoms with Crippen LogP contribution in [-0.4, -0.2) is 47.2 Å². The zero-order chi connectivity index (χ0) is 18.4. The first-order valence-corrected chi connectivity index (χ1v) is 7.59. The molecule has 0 saturated heterocycles. The van der Waals surface area contributed by atoms with Crippen molar-refractivity contribution in [2.24, 2.45) is 17.3 Å². The van der Waals surface area contributed by atoms with Gasteiger partial charge in [0.25, 0.3) is 5.91 Å². The van der Waals surface area contributed by atoms with E-state index in [-0.39, 0.29) is 18.2 Å². The second kappa shape index (κ2) is 8.83. The van der Waals surface area contributed by atoms with E-state index in [0.29, 0.717) is 0 Å². The van der Waals surface area contributed by atoms with Gasteiger partial charge in [-0.3, -0.25) is 19.6 Å². The summed E-state index contributed by atoms with van der Waals surface area (Å²) in [6.45, 7) is 9.05. The second-order valence-electron chi connectivity index (χ2n) is 7.08. The Balaban J connectivity index is 5.35. The fourth-order valence-electron chi connectivity index (χ4n) is 2.21. The lowest BCUT2D eigenvalue weighted by atomic mass is 9.84. The molecule has 0 aliphatic heterocycles. The first-order chi connectivity index (χ1) is 10.4. The summed E-state index contributed by atoms with van der Waals surface area (Å²) in [7, 11) is 1.47. The lowest BCUT2D eigenvalue weighted by Gasteiger charge is -2.32. The van der Waals surface area contributed by atoms with E-state index in [2.05, 4.69) is 10.6 Å². The number of hydrogen-bond donors (Lipinski definition) is 5. The van der Waals surface area contributed by atoms with E-state index in [9.17, 15) is 19.5 Å². The smallest absolute Gasteiger partial charge is 0.272 e. The third-order valence-electron chi connectivity index (χ3n) is 3.48. The van der Waals surface area contributed by atoms with Crippen molar-refractivity contribution in [1.82, 2.24) is 16.1 Å². The normalized spacial score (nSPS) is 15.5. The third-order valence-corrected chi connectivity index (χ3v) is 3.48. The third kappa shape index (κ3) is 6.54. The van der Waals surface area contributed by atoms with Crippen LogP contribution in [0.25, 0.3) is 0 Å². The molecule has 0 aliphatic rings. The zero-order valence-corrected chi connectivity index (χ0v) is 14.6. The quantitative estimate of drug-likeness (QED) is 0.326. The Labute approximate surface area is 137 Å². The highest BCUT2D eigenvalue weighted by molar-refractivity contribution is 5.92. The van der Waals surface area contributed by atoms with Crippen molar-refractivity contribution in [3.8, 4) is 0 Å². The molecule has 0 rings (SSSR count). The fraction of sp³-hybridized carbons (Fsp3) is 0.800. The summed E-state index contributed by atoms with van der Waals surface area (Å²) in [4.78, 5) is 35.9. The number of carbonyl (C=O) groups excluding carboxylic acids is 3. The molecule has 0 fully saturated rings. The van der Waals surface area contributed by atoms with Crippen LogP contribution in [0.5, 0.6) is 0 Å². The molecule has 8 heteroatoms. The Kier molecular flexibility index (Phi) is 8.19. The van der Waals surface area contributed by atoms with Crippen molar-refractivity contribution >= 4 is 17.7 Å². The summed E-state index contributed by atoms with van der Waals surface area (Å²) in [6.07, 6.45) is -1.47. The van der Waals surface area contributed by atoms with Gasteiger partial charge in [0, 0.05) is 7.05 Å². The molecule has 3 atom stereocenters. The average Bonchev–Trinajstić information content (AvgIpc) is 2.46. The number of likely N-dealkylation sites (N-methyl/N-ethyl adjacent to an activating group) is 1. The molecule has 0 bridgehead atoms. The van der Waals surface area contributed by atoms with Gasteiger partial charge in [0.2, 0.25) is 11.8 Å². The average molecular weight is 331 g/mol. The van der Waals surface area contributed by atoms with E-state index in [0.717, 1.165) is 0 Å². The lowest BCUT2D eigenvalue weighted by Crippen LogP contribution is -2.56. The molecule has 0 spiro atoms. The number of carbonyl (C=O) groups is 3. The lowest BCUT2D eigenvalue weighted by molar-refractivity contribution is -0.147. The van der Waals surface area contributed by atoms with Gasteiger partial charge in [0.05, 0.1) is 5.92 Å². The number of hydroxylamine groups is 1. The Bertz CT molecular complexity index is 431. The molecule has 5 N–H and O–H groups in total. The largest absolute Gasteiger partial charge is 0.382 e. The van der Waals surface area contributed by atoms with Gasteiger partial charge < -0.3 is 15.7 Å².